The van der Waals surface area contributed by atoms with Gasteiger partial charge >= 0.3 is 0 Å². The van der Waals surface area contributed by atoms with Crippen LogP contribution in [-0.4, -0.2) is 45.9 Å². The van der Waals surface area contributed by atoms with Crippen LogP contribution in [0.15, 0.2) is 0 Å². The Morgan fingerprint density at radius 3 is 1.24 bits per heavy atom. The van der Waals surface area contributed by atoms with E-state index >= 15 is 0 Å². The summed E-state index contributed by atoms with van der Waals surface area (Å²) in [6.07, 6.45) is 29.1. The van der Waals surface area contributed by atoms with Crippen LogP contribution in [0, 0.1) is 0 Å². The van der Waals surface area contributed by atoms with Gasteiger partial charge in [0.1, 0.15) is 0 Å². The Bertz CT molecular complexity index is 298. The molecule has 0 spiro atoms. The molecule has 0 saturated carbocycles. The zero-order chi connectivity index (χ0) is 23.9. The highest BCUT2D eigenvalue weighted by Gasteiger charge is 1.96. The Kier molecular flexibility index (Phi) is 31.7. The minimum absolute atomic E-state index is 0.782. The van der Waals surface area contributed by atoms with Gasteiger partial charge in [-0.05, 0) is 58.4 Å². The van der Waals surface area contributed by atoms with Crippen molar-refractivity contribution in [2.75, 3.05) is 45.9 Å². The standard InChI is InChI=1S/C29H63N3O/c1-2-3-4-5-6-7-8-9-10-11-12-13-14-15-16-17-18-19-28-33-29-22-27-32-26-21-25-31-24-20-23-30/h31-32H,2-30H2,1H3. The van der Waals surface area contributed by atoms with Crippen LogP contribution < -0.4 is 16.4 Å². The van der Waals surface area contributed by atoms with Crippen molar-refractivity contribution in [1.29, 1.82) is 0 Å². The molecule has 0 aliphatic rings. The summed E-state index contributed by atoms with van der Waals surface area (Å²) in [5, 5.41) is 6.90. The van der Waals surface area contributed by atoms with Gasteiger partial charge in [0.05, 0.1) is 0 Å². The van der Waals surface area contributed by atoms with Crippen molar-refractivity contribution >= 4 is 0 Å². The first-order chi connectivity index (χ1) is 16.4. The molecule has 0 aromatic rings. The van der Waals surface area contributed by atoms with Crippen molar-refractivity contribution in [1.82, 2.24) is 10.6 Å². The number of hydrogen-bond donors (Lipinski definition) is 3. The van der Waals surface area contributed by atoms with Gasteiger partial charge in [0, 0.05) is 13.2 Å². The Morgan fingerprint density at radius 1 is 0.424 bits per heavy atom. The molecule has 0 aliphatic carbocycles. The molecule has 33 heavy (non-hydrogen) atoms. The molecule has 200 valence electrons. The molecule has 0 bridgehead atoms. The summed E-state index contributed by atoms with van der Waals surface area (Å²) < 4.78 is 5.77. The maximum absolute atomic E-state index is 5.77. The van der Waals surface area contributed by atoms with E-state index in [1.165, 1.54) is 122 Å². The number of unbranched alkanes of at least 4 members (excludes halogenated alkanes) is 17. The lowest BCUT2D eigenvalue weighted by Crippen LogP contribution is -2.24. The number of nitrogens with two attached hydrogens (primary N) is 1. The van der Waals surface area contributed by atoms with Crippen LogP contribution in [0.5, 0.6) is 0 Å². The van der Waals surface area contributed by atoms with Gasteiger partial charge in [-0.15, -0.1) is 0 Å². The van der Waals surface area contributed by atoms with E-state index in [1.54, 1.807) is 0 Å². The van der Waals surface area contributed by atoms with Crippen LogP contribution in [0.2, 0.25) is 0 Å². The van der Waals surface area contributed by atoms with E-state index in [0.717, 1.165) is 58.8 Å². The quantitative estimate of drug-likeness (QED) is 0.0962. The van der Waals surface area contributed by atoms with Crippen molar-refractivity contribution in [3.63, 3.8) is 0 Å². The Labute approximate surface area is 209 Å². The summed E-state index contributed by atoms with van der Waals surface area (Å²) in [4.78, 5) is 0. The van der Waals surface area contributed by atoms with Crippen LogP contribution >= 0.6 is 0 Å². The molecular formula is C29H63N3O. The van der Waals surface area contributed by atoms with Gasteiger partial charge in [0.15, 0.2) is 0 Å². The smallest absolute Gasteiger partial charge is 0.0478 e. The van der Waals surface area contributed by atoms with Crippen LogP contribution in [0.4, 0.5) is 0 Å². The Hall–Kier alpha value is -0.160. The molecular weight excluding hydrogens is 406 g/mol. The van der Waals surface area contributed by atoms with Crippen LogP contribution in [-0.2, 0) is 4.74 Å². The minimum atomic E-state index is 0.782. The average Bonchev–Trinajstić information content (AvgIpc) is 2.83. The molecule has 0 saturated heterocycles. The third-order valence-corrected chi connectivity index (χ3v) is 6.55. The fraction of sp³-hybridized carbons (Fsp3) is 1.00. The fourth-order valence-electron chi connectivity index (χ4n) is 4.32. The zero-order valence-electron chi connectivity index (χ0n) is 22.8. The second-order valence-corrected chi connectivity index (χ2v) is 9.97. The van der Waals surface area contributed by atoms with Crippen molar-refractivity contribution < 1.29 is 4.74 Å². The first-order valence-corrected chi connectivity index (χ1v) is 15.1. The summed E-state index contributed by atoms with van der Waals surface area (Å²) >= 11 is 0. The summed E-state index contributed by atoms with van der Waals surface area (Å²) in [7, 11) is 0. The van der Waals surface area contributed by atoms with E-state index in [9.17, 15) is 0 Å². The third kappa shape index (κ3) is 31.8. The van der Waals surface area contributed by atoms with Gasteiger partial charge in [0.25, 0.3) is 0 Å². The van der Waals surface area contributed by atoms with E-state index in [4.69, 9.17) is 10.5 Å². The maximum Gasteiger partial charge on any atom is 0.0478 e. The summed E-state index contributed by atoms with van der Waals surface area (Å²) in [5.74, 6) is 0. The van der Waals surface area contributed by atoms with E-state index < -0.39 is 0 Å². The predicted octanol–water partition coefficient (Wildman–Crippen LogP) is 7.35. The number of hydrogen-bond acceptors (Lipinski definition) is 4. The average molecular weight is 470 g/mol. The zero-order valence-corrected chi connectivity index (χ0v) is 22.8. The molecule has 0 radical (unpaired) electrons. The molecule has 0 rings (SSSR count). The maximum atomic E-state index is 5.77. The minimum Gasteiger partial charge on any atom is -0.381 e. The summed E-state index contributed by atoms with van der Waals surface area (Å²) in [6, 6.07) is 0. The van der Waals surface area contributed by atoms with Crippen molar-refractivity contribution in [2.45, 2.75) is 142 Å². The van der Waals surface area contributed by atoms with Gasteiger partial charge < -0.3 is 21.1 Å². The molecule has 4 N–H and O–H groups in total. The normalized spacial score (nSPS) is 11.5. The first-order valence-electron chi connectivity index (χ1n) is 15.1. The molecule has 0 aromatic carbocycles. The second kappa shape index (κ2) is 31.8. The number of rotatable bonds is 30. The molecule has 0 unspecified atom stereocenters. The lowest BCUT2D eigenvalue weighted by atomic mass is 10.0. The first kappa shape index (κ1) is 32.8. The molecule has 0 amide bonds. The van der Waals surface area contributed by atoms with Gasteiger partial charge in [0.2, 0.25) is 0 Å². The topological polar surface area (TPSA) is 59.3 Å². The van der Waals surface area contributed by atoms with Crippen LogP contribution in [0.3, 0.4) is 0 Å². The lowest BCUT2D eigenvalue weighted by molar-refractivity contribution is 0.127. The SMILES string of the molecule is CCCCCCCCCCCCCCCCCCCCOCCCNCCCNCCCN. The summed E-state index contributed by atoms with van der Waals surface area (Å²) in [6.45, 7) is 9.23. The molecule has 0 fully saturated rings. The highest BCUT2D eigenvalue weighted by molar-refractivity contribution is 4.53. The lowest BCUT2D eigenvalue weighted by Gasteiger charge is -2.07. The van der Waals surface area contributed by atoms with E-state index in [-0.39, 0.29) is 0 Å². The molecule has 0 heterocycles. The van der Waals surface area contributed by atoms with Gasteiger partial charge in [-0.3, -0.25) is 0 Å². The van der Waals surface area contributed by atoms with Gasteiger partial charge in [-0.25, -0.2) is 0 Å². The monoisotopic (exact) mass is 469 g/mol. The molecule has 4 nitrogen and oxygen atoms in total. The van der Waals surface area contributed by atoms with Gasteiger partial charge in [-0.2, -0.15) is 0 Å². The largest absolute Gasteiger partial charge is 0.381 e. The van der Waals surface area contributed by atoms with E-state index in [1.807, 2.05) is 0 Å². The third-order valence-electron chi connectivity index (χ3n) is 6.55. The highest BCUT2D eigenvalue weighted by Crippen LogP contribution is 2.14. The Balaban J connectivity index is 2.99. The number of ether oxygens (including phenoxy) is 1. The van der Waals surface area contributed by atoms with E-state index in [0.29, 0.717) is 0 Å². The highest BCUT2D eigenvalue weighted by atomic mass is 16.5. The second-order valence-electron chi connectivity index (χ2n) is 9.97. The molecule has 0 aromatic heterocycles. The van der Waals surface area contributed by atoms with Gasteiger partial charge in [-0.1, -0.05) is 116 Å². The fourth-order valence-corrected chi connectivity index (χ4v) is 4.32. The van der Waals surface area contributed by atoms with Crippen LogP contribution in [0.25, 0.3) is 0 Å². The molecule has 4 heteroatoms. The Morgan fingerprint density at radius 2 is 0.788 bits per heavy atom. The van der Waals surface area contributed by atoms with Crippen molar-refractivity contribution in [3.05, 3.63) is 0 Å². The summed E-state index contributed by atoms with van der Waals surface area (Å²) in [5.41, 5.74) is 5.47. The van der Waals surface area contributed by atoms with Crippen molar-refractivity contribution in [2.24, 2.45) is 5.73 Å². The molecule has 0 atom stereocenters. The van der Waals surface area contributed by atoms with Crippen molar-refractivity contribution in [3.8, 4) is 0 Å². The number of nitrogens with one attached hydrogen (secondary N) is 2. The van der Waals surface area contributed by atoms with E-state index in [2.05, 4.69) is 17.6 Å². The molecule has 0 aliphatic heterocycles. The van der Waals surface area contributed by atoms with Crippen LogP contribution in [0.1, 0.15) is 142 Å². The predicted molar refractivity (Wildman–Crippen MR) is 148 cm³/mol.